The van der Waals surface area contributed by atoms with Crippen LogP contribution in [0.4, 0.5) is 0 Å². The number of carbonyl (C=O) groups is 2. The summed E-state index contributed by atoms with van der Waals surface area (Å²) in [5.74, 6) is -0.686. The first-order valence-electron chi connectivity index (χ1n) is 4.91. The topological polar surface area (TPSA) is 71.1 Å². The predicted molar refractivity (Wildman–Crippen MR) is 65.3 cm³/mol. The number of carbonyl (C=O) groups excluding carboxylic acids is 2. The molecule has 0 fully saturated rings. The molecule has 1 heterocycles. The van der Waals surface area contributed by atoms with Crippen LogP contribution in [-0.2, 0) is 4.79 Å². The molecule has 0 radical (unpaired) electrons. The van der Waals surface area contributed by atoms with Crippen molar-refractivity contribution in [1.29, 1.82) is 0 Å². The van der Waals surface area contributed by atoms with Gasteiger partial charge in [0.25, 0.3) is 5.91 Å². The van der Waals surface area contributed by atoms with Gasteiger partial charge in [-0.15, -0.1) is 0 Å². The second-order valence-corrected chi connectivity index (χ2v) is 3.91. The molecule has 2 amide bonds. The minimum Gasteiger partial charge on any atom is -0.355 e. The molecule has 0 saturated heterocycles. The van der Waals surface area contributed by atoms with Gasteiger partial charge >= 0.3 is 0 Å². The van der Waals surface area contributed by atoms with Crippen LogP contribution >= 0.6 is 23.2 Å². The average molecular weight is 276 g/mol. The highest BCUT2D eigenvalue weighted by atomic mass is 35.5. The number of aromatic nitrogens is 1. The molecule has 0 atom stereocenters. The van der Waals surface area contributed by atoms with Gasteiger partial charge in [-0.3, -0.25) is 9.59 Å². The van der Waals surface area contributed by atoms with Crippen LogP contribution in [0.25, 0.3) is 0 Å². The molecule has 0 aliphatic rings. The summed E-state index contributed by atoms with van der Waals surface area (Å²) in [6.07, 6.45) is 0. The lowest BCUT2D eigenvalue weighted by atomic mass is 10.2. The summed E-state index contributed by atoms with van der Waals surface area (Å²) in [5.41, 5.74) is 0.263. The van der Waals surface area contributed by atoms with E-state index in [-0.39, 0.29) is 28.3 Å². The maximum absolute atomic E-state index is 11.6. The van der Waals surface area contributed by atoms with Crippen molar-refractivity contribution in [2.24, 2.45) is 0 Å². The third kappa shape index (κ3) is 4.58. The SMILES string of the molecule is CCNC(=O)CNC(=O)c1cc(Cl)nc(Cl)c1. The van der Waals surface area contributed by atoms with Crippen molar-refractivity contribution in [3.63, 3.8) is 0 Å². The van der Waals surface area contributed by atoms with Gasteiger partial charge in [0, 0.05) is 12.1 Å². The van der Waals surface area contributed by atoms with E-state index >= 15 is 0 Å². The Balaban J connectivity index is 2.61. The lowest BCUT2D eigenvalue weighted by Gasteiger charge is -2.05. The molecule has 0 aromatic carbocycles. The Bertz CT molecular complexity index is 417. The number of likely N-dealkylation sites (N-methyl/N-ethyl adjacent to an activating group) is 1. The zero-order valence-electron chi connectivity index (χ0n) is 9.09. The number of nitrogens with one attached hydrogen (secondary N) is 2. The number of pyridine rings is 1. The number of rotatable bonds is 4. The van der Waals surface area contributed by atoms with Gasteiger partial charge in [0.2, 0.25) is 5.91 Å². The molecule has 0 aliphatic carbocycles. The van der Waals surface area contributed by atoms with Crippen LogP contribution in [0, 0.1) is 0 Å². The summed E-state index contributed by atoms with van der Waals surface area (Å²) < 4.78 is 0. The fourth-order valence-electron chi connectivity index (χ4n) is 1.12. The minimum absolute atomic E-state index is 0.0930. The summed E-state index contributed by atoms with van der Waals surface area (Å²) >= 11 is 11.3. The van der Waals surface area contributed by atoms with Gasteiger partial charge in [0.1, 0.15) is 10.3 Å². The maximum atomic E-state index is 11.6. The van der Waals surface area contributed by atoms with Crippen LogP contribution in [0.1, 0.15) is 17.3 Å². The highest BCUT2D eigenvalue weighted by Crippen LogP contribution is 2.14. The molecule has 0 saturated carbocycles. The van der Waals surface area contributed by atoms with Crippen molar-refractivity contribution < 1.29 is 9.59 Å². The summed E-state index contributed by atoms with van der Waals surface area (Å²) in [4.78, 5) is 26.5. The van der Waals surface area contributed by atoms with E-state index in [0.29, 0.717) is 6.54 Å². The van der Waals surface area contributed by atoms with Crippen molar-refractivity contribution >= 4 is 35.0 Å². The van der Waals surface area contributed by atoms with E-state index in [2.05, 4.69) is 15.6 Å². The van der Waals surface area contributed by atoms with E-state index < -0.39 is 5.91 Å². The standard InChI is InChI=1S/C10H11Cl2N3O2/c1-2-13-9(16)5-14-10(17)6-3-7(11)15-8(12)4-6/h3-4H,2,5H2,1H3,(H,13,16)(H,14,17). The monoisotopic (exact) mass is 275 g/mol. The summed E-state index contributed by atoms with van der Waals surface area (Å²) in [7, 11) is 0. The van der Waals surface area contributed by atoms with Crippen LogP contribution in [0.2, 0.25) is 10.3 Å². The van der Waals surface area contributed by atoms with Crippen molar-refractivity contribution in [3.05, 3.63) is 28.0 Å². The first-order valence-corrected chi connectivity index (χ1v) is 5.66. The Hall–Kier alpha value is -1.33. The van der Waals surface area contributed by atoms with Gasteiger partial charge in [-0.1, -0.05) is 23.2 Å². The Kier molecular flexibility index (Phi) is 5.18. The van der Waals surface area contributed by atoms with E-state index in [9.17, 15) is 9.59 Å². The molecule has 1 rings (SSSR count). The number of halogens is 2. The molecule has 17 heavy (non-hydrogen) atoms. The van der Waals surface area contributed by atoms with Gasteiger partial charge < -0.3 is 10.6 Å². The Labute approximate surface area is 109 Å². The number of hydrogen-bond donors (Lipinski definition) is 2. The van der Waals surface area contributed by atoms with Gasteiger partial charge in [-0.2, -0.15) is 0 Å². The van der Waals surface area contributed by atoms with Crippen LogP contribution in [0.3, 0.4) is 0 Å². The molecule has 5 nitrogen and oxygen atoms in total. The van der Waals surface area contributed by atoms with Crippen LogP contribution < -0.4 is 10.6 Å². The van der Waals surface area contributed by atoms with E-state index in [4.69, 9.17) is 23.2 Å². The highest BCUT2D eigenvalue weighted by Gasteiger charge is 2.09. The third-order valence-corrected chi connectivity index (χ3v) is 2.20. The summed E-state index contributed by atoms with van der Waals surface area (Å²) in [6, 6.07) is 2.75. The molecule has 7 heteroatoms. The molecule has 1 aromatic rings. The molecule has 92 valence electrons. The normalized spacial score (nSPS) is 9.82. The molecular formula is C10H11Cl2N3O2. The fourth-order valence-corrected chi connectivity index (χ4v) is 1.58. The van der Waals surface area contributed by atoms with Crippen molar-refractivity contribution in [2.75, 3.05) is 13.1 Å². The number of hydrogen-bond acceptors (Lipinski definition) is 3. The fraction of sp³-hybridized carbons (Fsp3) is 0.300. The third-order valence-electron chi connectivity index (χ3n) is 1.81. The minimum atomic E-state index is -0.428. The van der Waals surface area contributed by atoms with Crippen molar-refractivity contribution in [2.45, 2.75) is 6.92 Å². The lowest BCUT2D eigenvalue weighted by Crippen LogP contribution is -2.36. The molecule has 0 aliphatic heterocycles. The summed E-state index contributed by atoms with van der Waals surface area (Å²) in [6.45, 7) is 2.22. The average Bonchev–Trinajstić information content (AvgIpc) is 2.25. The van der Waals surface area contributed by atoms with E-state index in [1.165, 1.54) is 12.1 Å². The number of amides is 2. The zero-order chi connectivity index (χ0) is 12.8. The Morgan fingerprint density at radius 1 is 1.24 bits per heavy atom. The molecular weight excluding hydrogens is 265 g/mol. The van der Waals surface area contributed by atoms with Crippen molar-refractivity contribution in [1.82, 2.24) is 15.6 Å². The van der Waals surface area contributed by atoms with E-state index in [1.807, 2.05) is 0 Å². The van der Waals surface area contributed by atoms with Gasteiger partial charge in [-0.05, 0) is 19.1 Å². The largest absolute Gasteiger partial charge is 0.355 e. The molecule has 2 N–H and O–H groups in total. The molecule has 0 bridgehead atoms. The molecule has 0 spiro atoms. The quantitative estimate of drug-likeness (QED) is 0.813. The second-order valence-electron chi connectivity index (χ2n) is 3.14. The smallest absolute Gasteiger partial charge is 0.251 e. The predicted octanol–water partition coefficient (Wildman–Crippen LogP) is 1.25. The molecule has 1 aromatic heterocycles. The maximum Gasteiger partial charge on any atom is 0.251 e. The summed E-state index contributed by atoms with van der Waals surface area (Å²) in [5, 5.41) is 5.25. The first kappa shape index (κ1) is 13.7. The van der Waals surface area contributed by atoms with E-state index in [0.717, 1.165) is 0 Å². The highest BCUT2D eigenvalue weighted by molar-refractivity contribution is 6.33. The lowest BCUT2D eigenvalue weighted by molar-refractivity contribution is -0.120. The van der Waals surface area contributed by atoms with Crippen LogP contribution in [-0.4, -0.2) is 29.9 Å². The Morgan fingerprint density at radius 3 is 2.35 bits per heavy atom. The van der Waals surface area contributed by atoms with Gasteiger partial charge in [-0.25, -0.2) is 4.98 Å². The van der Waals surface area contributed by atoms with Gasteiger partial charge in [0.15, 0.2) is 0 Å². The van der Waals surface area contributed by atoms with Crippen LogP contribution in [0.15, 0.2) is 12.1 Å². The van der Waals surface area contributed by atoms with E-state index in [1.54, 1.807) is 6.92 Å². The molecule has 0 unspecified atom stereocenters. The van der Waals surface area contributed by atoms with Crippen molar-refractivity contribution in [3.8, 4) is 0 Å². The number of nitrogens with zero attached hydrogens (tertiary/aromatic N) is 1. The first-order chi connectivity index (χ1) is 8.02. The van der Waals surface area contributed by atoms with Crippen LogP contribution in [0.5, 0.6) is 0 Å². The zero-order valence-corrected chi connectivity index (χ0v) is 10.6. The second kappa shape index (κ2) is 6.42. The van der Waals surface area contributed by atoms with Gasteiger partial charge in [0.05, 0.1) is 6.54 Å². The Morgan fingerprint density at radius 2 is 1.82 bits per heavy atom.